The van der Waals surface area contributed by atoms with Gasteiger partial charge in [-0.2, -0.15) is 0 Å². The topological polar surface area (TPSA) is 38.3 Å². The molecule has 0 spiro atoms. The normalized spacial score (nSPS) is 27.5. The molecule has 76 valence electrons. The summed E-state index contributed by atoms with van der Waals surface area (Å²) in [6.45, 7) is 4.92. The lowest BCUT2D eigenvalue weighted by atomic mass is 10.1. The molecule has 2 atom stereocenters. The number of hydrogen-bond donors (Lipinski definition) is 1. The molecule has 0 saturated heterocycles. The number of nitrogens with one attached hydrogen (secondary N) is 1. The number of ether oxygens (including phenoxy) is 1. The monoisotopic (exact) mass is 185 g/mol. The Morgan fingerprint density at radius 1 is 1.54 bits per heavy atom. The van der Waals surface area contributed by atoms with E-state index in [-0.39, 0.29) is 5.97 Å². The fourth-order valence-electron chi connectivity index (χ4n) is 1.83. The highest BCUT2D eigenvalue weighted by molar-refractivity contribution is 5.71. The fourth-order valence-corrected chi connectivity index (χ4v) is 1.83. The van der Waals surface area contributed by atoms with E-state index in [9.17, 15) is 4.79 Å². The first-order valence-electron chi connectivity index (χ1n) is 5.11. The van der Waals surface area contributed by atoms with Crippen LogP contribution in [0.3, 0.4) is 0 Å². The van der Waals surface area contributed by atoms with Crippen molar-refractivity contribution in [2.45, 2.75) is 39.2 Å². The van der Waals surface area contributed by atoms with Gasteiger partial charge in [0.15, 0.2) is 0 Å². The maximum atomic E-state index is 11.0. The third-order valence-corrected chi connectivity index (χ3v) is 2.54. The Hall–Kier alpha value is -0.570. The third kappa shape index (κ3) is 3.77. The van der Waals surface area contributed by atoms with Gasteiger partial charge in [0.2, 0.25) is 0 Å². The highest BCUT2D eigenvalue weighted by Crippen LogP contribution is 2.24. The van der Waals surface area contributed by atoms with Gasteiger partial charge in [0.25, 0.3) is 0 Å². The molecule has 1 aliphatic rings. The smallest absolute Gasteiger partial charge is 0.319 e. The Bertz CT molecular complexity index is 170. The summed E-state index contributed by atoms with van der Waals surface area (Å²) in [7, 11) is 0. The lowest BCUT2D eigenvalue weighted by molar-refractivity contribution is -0.142. The Morgan fingerprint density at radius 2 is 2.31 bits per heavy atom. The van der Waals surface area contributed by atoms with Crippen molar-refractivity contribution in [3.8, 4) is 0 Å². The minimum Gasteiger partial charge on any atom is -0.465 e. The molecular formula is C10H19NO2. The molecule has 0 aliphatic heterocycles. The number of carbonyl (C=O) groups excluding carboxylic acids is 1. The molecule has 0 heterocycles. The van der Waals surface area contributed by atoms with Crippen molar-refractivity contribution in [2.24, 2.45) is 5.92 Å². The second-order valence-electron chi connectivity index (χ2n) is 3.80. The minimum atomic E-state index is -0.137. The second kappa shape index (κ2) is 5.22. The van der Waals surface area contributed by atoms with E-state index < -0.39 is 0 Å². The number of carbonyl (C=O) groups is 1. The molecule has 1 saturated carbocycles. The molecule has 0 aromatic rings. The van der Waals surface area contributed by atoms with Crippen LogP contribution < -0.4 is 5.32 Å². The Balaban J connectivity index is 2.09. The first kappa shape index (κ1) is 10.5. The van der Waals surface area contributed by atoms with E-state index in [1.807, 2.05) is 6.92 Å². The summed E-state index contributed by atoms with van der Waals surface area (Å²) in [5, 5.41) is 3.22. The quantitative estimate of drug-likeness (QED) is 0.671. The van der Waals surface area contributed by atoms with E-state index in [0.29, 0.717) is 19.2 Å². The summed E-state index contributed by atoms with van der Waals surface area (Å²) in [6.07, 6.45) is 3.67. The van der Waals surface area contributed by atoms with Crippen molar-refractivity contribution >= 4 is 5.97 Å². The maximum absolute atomic E-state index is 11.0. The van der Waals surface area contributed by atoms with E-state index in [1.54, 1.807) is 0 Å². The number of hydrogen-bond acceptors (Lipinski definition) is 3. The lowest BCUT2D eigenvalue weighted by Gasteiger charge is -2.10. The summed E-state index contributed by atoms with van der Waals surface area (Å²) >= 11 is 0. The van der Waals surface area contributed by atoms with Crippen LogP contribution >= 0.6 is 0 Å². The number of rotatable bonds is 4. The van der Waals surface area contributed by atoms with Crippen LogP contribution in [0, 0.1) is 5.92 Å². The highest BCUT2D eigenvalue weighted by Gasteiger charge is 2.21. The zero-order valence-corrected chi connectivity index (χ0v) is 8.51. The van der Waals surface area contributed by atoms with Crippen LogP contribution in [0.1, 0.15) is 33.1 Å². The molecule has 1 rings (SSSR count). The van der Waals surface area contributed by atoms with Gasteiger partial charge in [-0.15, -0.1) is 0 Å². The molecule has 3 heteroatoms. The number of esters is 1. The Morgan fingerprint density at radius 3 is 2.85 bits per heavy atom. The molecule has 0 radical (unpaired) electrons. The first-order chi connectivity index (χ1) is 6.22. The summed E-state index contributed by atoms with van der Waals surface area (Å²) in [4.78, 5) is 11.0. The van der Waals surface area contributed by atoms with Crippen molar-refractivity contribution in [3.63, 3.8) is 0 Å². The Kier molecular flexibility index (Phi) is 4.22. The molecule has 1 fully saturated rings. The van der Waals surface area contributed by atoms with Gasteiger partial charge in [0.1, 0.15) is 0 Å². The zero-order valence-electron chi connectivity index (χ0n) is 8.51. The predicted molar refractivity (Wildman–Crippen MR) is 51.4 cm³/mol. The average Bonchev–Trinajstić information content (AvgIpc) is 2.49. The van der Waals surface area contributed by atoms with E-state index in [4.69, 9.17) is 4.74 Å². The fraction of sp³-hybridized carbons (Fsp3) is 0.900. The molecule has 2 unspecified atom stereocenters. The van der Waals surface area contributed by atoms with Gasteiger partial charge < -0.3 is 10.1 Å². The van der Waals surface area contributed by atoms with Crippen molar-refractivity contribution < 1.29 is 9.53 Å². The van der Waals surface area contributed by atoms with E-state index in [2.05, 4.69) is 12.2 Å². The van der Waals surface area contributed by atoms with Gasteiger partial charge in [-0.3, -0.25) is 4.79 Å². The SMILES string of the molecule is CCOC(=O)CNC1CCC(C)C1. The van der Waals surface area contributed by atoms with Crippen LogP contribution in [0.2, 0.25) is 0 Å². The van der Waals surface area contributed by atoms with Gasteiger partial charge in [-0.25, -0.2) is 0 Å². The largest absolute Gasteiger partial charge is 0.465 e. The molecule has 0 bridgehead atoms. The Labute approximate surface area is 79.8 Å². The van der Waals surface area contributed by atoms with Crippen LogP contribution in [0.5, 0.6) is 0 Å². The summed E-state index contributed by atoms with van der Waals surface area (Å²) in [5.74, 6) is 0.668. The van der Waals surface area contributed by atoms with E-state index in [1.165, 1.54) is 19.3 Å². The zero-order chi connectivity index (χ0) is 9.68. The van der Waals surface area contributed by atoms with Crippen molar-refractivity contribution in [3.05, 3.63) is 0 Å². The summed E-state index contributed by atoms with van der Waals surface area (Å²) in [5.41, 5.74) is 0. The summed E-state index contributed by atoms with van der Waals surface area (Å²) in [6, 6.07) is 0.527. The molecule has 0 amide bonds. The van der Waals surface area contributed by atoms with Gasteiger partial charge in [-0.1, -0.05) is 6.92 Å². The summed E-state index contributed by atoms with van der Waals surface area (Å²) < 4.78 is 4.83. The molecular weight excluding hydrogens is 166 g/mol. The van der Waals surface area contributed by atoms with Crippen LogP contribution in [0.4, 0.5) is 0 Å². The predicted octanol–water partition coefficient (Wildman–Crippen LogP) is 1.33. The molecule has 0 aromatic carbocycles. The van der Waals surface area contributed by atoms with E-state index >= 15 is 0 Å². The van der Waals surface area contributed by atoms with Gasteiger partial charge >= 0.3 is 5.97 Å². The third-order valence-electron chi connectivity index (χ3n) is 2.54. The van der Waals surface area contributed by atoms with Gasteiger partial charge in [0, 0.05) is 6.04 Å². The molecule has 1 aliphatic carbocycles. The van der Waals surface area contributed by atoms with Crippen LogP contribution in [-0.4, -0.2) is 25.2 Å². The molecule has 1 N–H and O–H groups in total. The van der Waals surface area contributed by atoms with Crippen molar-refractivity contribution in [1.29, 1.82) is 0 Å². The van der Waals surface area contributed by atoms with Crippen LogP contribution in [0.15, 0.2) is 0 Å². The minimum absolute atomic E-state index is 0.137. The van der Waals surface area contributed by atoms with Crippen molar-refractivity contribution in [1.82, 2.24) is 5.32 Å². The van der Waals surface area contributed by atoms with Gasteiger partial charge in [-0.05, 0) is 32.1 Å². The van der Waals surface area contributed by atoms with Crippen LogP contribution in [-0.2, 0) is 9.53 Å². The maximum Gasteiger partial charge on any atom is 0.319 e. The molecule has 0 aromatic heterocycles. The standard InChI is InChI=1S/C10H19NO2/c1-3-13-10(12)7-11-9-5-4-8(2)6-9/h8-9,11H,3-7H2,1-2H3. The average molecular weight is 185 g/mol. The van der Waals surface area contributed by atoms with E-state index in [0.717, 1.165) is 5.92 Å². The molecule has 3 nitrogen and oxygen atoms in total. The second-order valence-corrected chi connectivity index (χ2v) is 3.80. The van der Waals surface area contributed by atoms with Crippen molar-refractivity contribution in [2.75, 3.05) is 13.2 Å². The molecule has 13 heavy (non-hydrogen) atoms. The lowest BCUT2D eigenvalue weighted by Crippen LogP contribution is -2.32. The highest BCUT2D eigenvalue weighted by atomic mass is 16.5. The van der Waals surface area contributed by atoms with Gasteiger partial charge in [0.05, 0.1) is 13.2 Å². The first-order valence-corrected chi connectivity index (χ1v) is 5.11. The van der Waals surface area contributed by atoms with Crippen LogP contribution in [0.25, 0.3) is 0 Å².